The van der Waals surface area contributed by atoms with Crippen LogP contribution in [0.5, 0.6) is 0 Å². The summed E-state index contributed by atoms with van der Waals surface area (Å²) in [5, 5.41) is 18.1. The van der Waals surface area contributed by atoms with Crippen molar-refractivity contribution in [2.24, 2.45) is 0 Å². The topological polar surface area (TPSA) is 117 Å². The number of carboxylic acid groups (broad SMARTS) is 1. The van der Waals surface area contributed by atoms with Crippen molar-refractivity contribution in [3.05, 3.63) is 81.2 Å². The number of anilines is 2. The summed E-state index contributed by atoms with van der Waals surface area (Å²) >= 11 is 0. The normalized spacial score (nSPS) is 18.2. The van der Waals surface area contributed by atoms with Crippen LogP contribution in [-0.2, 0) is 24.3 Å². The molecule has 1 aliphatic carbocycles. The maximum absolute atomic E-state index is 15.4. The third-order valence-corrected chi connectivity index (χ3v) is 9.02. The van der Waals surface area contributed by atoms with Crippen molar-refractivity contribution in [3.8, 4) is 0 Å². The van der Waals surface area contributed by atoms with Crippen molar-refractivity contribution in [1.29, 1.82) is 0 Å². The number of aromatic carboxylic acids is 1. The van der Waals surface area contributed by atoms with E-state index in [1.54, 1.807) is 20.2 Å². The maximum atomic E-state index is 15.4. The lowest BCUT2D eigenvalue weighted by atomic mass is 10.1. The van der Waals surface area contributed by atoms with Crippen LogP contribution in [0.1, 0.15) is 53.0 Å². The van der Waals surface area contributed by atoms with Gasteiger partial charge in [-0.3, -0.25) is 9.59 Å². The Morgan fingerprint density at radius 2 is 1.89 bits per heavy atom. The SMILES string of the molecule is Cc1ccc2c(c1)CCN2Cc1cn(CC(=O)N2CCN(c3cc4c(cc3F)c(=O)c(C(=O)O)cn4C3CC3)CC2C)nn1. The van der Waals surface area contributed by atoms with Crippen LogP contribution in [0.15, 0.2) is 47.5 Å². The molecule has 2 aliphatic heterocycles. The number of hydrogen-bond donors (Lipinski definition) is 1. The van der Waals surface area contributed by atoms with E-state index in [1.165, 1.54) is 23.0 Å². The zero-order valence-electron chi connectivity index (χ0n) is 24.7. The standard InChI is InChI=1S/C32H34FN7O4/c1-19-3-6-27-21(11-19)7-8-36(27)15-22-16-38(35-34-22)18-30(41)39-10-9-37(14-20(39)2)29-13-28-24(12-26(29)33)31(42)25(32(43)44)17-40(28)23-4-5-23/h3,6,11-13,16-17,20,23H,4-5,7-10,14-15,18H2,1-2H3,(H,43,44). The highest BCUT2D eigenvalue weighted by molar-refractivity contribution is 5.93. The lowest BCUT2D eigenvalue weighted by molar-refractivity contribution is -0.134. The third-order valence-electron chi connectivity index (χ3n) is 9.02. The number of carbonyl (C=O) groups is 2. The van der Waals surface area contributed by atoms with E-state index in [4.69, 9.17) is 0 Å². The number of halogens is 1. The molecule has 44 heavy (non-hydrogen) atoms. The largest absolute Gasteiger partial charge is 0.477 e. The second-order valence-electron chi connectivity index (χ2n) is 12.2. The molecule has 1 amide bonds. The molecule has 4 heterocycles. The van der Waals surface area contributed by atoms with E-state index < -0.39 is 17.2 Å². The molecule has 3 aliphatic rings. The number of piperazine rings is 1. The number of benzene rings is 2. The summed E-state index contributed by atoms with van der Waals surface area (Å²) in [5.74, 6) is -1.99. The molecule has 1 unspecified atom stereocenters. The summed E-state index contributed by atoms with van der Waals surface area (Å²) < 4.78 is 18.8. The maximum Gasteiger partial charge on any atom is 0.341 e. The fourth-order valence-electron chi connectivity index (χ4n) is 6.63. The molecular formula is C32H34FN7O4. The van der Waals surface area contributed by atoms with Crippen LogP contribution in [-0.4, -0.2) is 73.7 Å². The third kappa shape index (κ3) is 5.07. The first-order valence-corrected chi connectivity index (χ1v) is 15.1. The average molecular weight is 600 g/mol. The number of carboxylic acids is 1. The van der Waals surface area contributed by atoms with Crippen LogP contribution in [0.2, 0.25) is 0 Å². The van der Waals surface area contributed by atoms with Gasteiger partial charge < -0.3 is 24.4 Å². The Kier molecular flexibility index (Phi) is 6.86. The van der Waals surface area contributed by atoms with E-state index >= 15 is 4.39 Å². The van der Waals surface area contributed by atoms with Crippen molar-refractivity contribution >= 4 is 34.2 Å². The zero-order chi connectivity index (χ0) is 30.7. The monoisotopic (exact) mass is 599 g/mol. The van der Waals surface area contributed by atoms with Crippen molar-refractivity contribution in [2.45, 2.75) is 58.3 Å². The Hall–Kier alpha value is -4.74. The second kappa shape index (κ2) is 10.8. The van der Waals surface area contributed by atoms with Gasteiger partial charge >= 0.3 is 5.97 Å². The Morgan fingerprint density at radius 3 is 2.64 bits per heavy atom. The highest BCUT2D eigenvalue weighted by Gasteiger charge is 2.31. The van der Waals surface area contributed by atoms with Gasteiger partial charge in [0.2, 0.25) is 11.3 Å². The average Bonchev–Trinajstić information content (AvgIpc) is 3.62. The van der Waals surface area contributed by atoms with Gasteiger partial charge in [0.25, 0.3) is 0 Å². The van der Waals surface area contributed by atoms with E-state index in [2.05, 4.69) is 40.3 Å². The zero-order valence-corrected chi connectivity index (χ0v) is 24.7. The van der Waals surface area contributed by atoms with Gasteiger partial charge in [-0.2, -0.15) is 0 Å². The first-order chi connectivity index (χ1) is 21.2. The first kappa shape index (κ1) is 28.1. The minimum absolute atomic E-state index is 0.0659. The summed E-state index contributed by atoms with van der Waals surface area (Å²) in [7, 11) is 0. The van der Waals surface area contributed by atoms with E-state index in [9.17, 15) is 19.5 Å². The molecule has 2 fully saturated rings. The number of hydrogen-bond acceptors (Lipinski definition) is 7. The van der Waals surface area contributed by atoms with Crippen LogP contribution in [0, 0.1) is 12.7 Å². The molecule has 12 heteroatoms. The smallest absolute Gasteiger partial charge is 0.341 e. The molecular weight excluding hydrogens is 565 g/mol. The van der Waals surface area contributed by atoms with Crippen LogP contribution >= 0.6 is 0 Å². The minimum Gasteiger partial charge on any atom is -0.477 e. The predicted octanol–water partition coefficient (Wildman–Crippen LogP) is 3.37. The Bertz CT molecular complexity index is 1860. The van der Waals surface area contributed by atoms with Crippen LogP contribution in [0.3, 0.4) is 0 Å². The lowest BCUT2D eigenvalue weighted by Crippen LogP contribution is -2.55. The quantitative estimate of drug-likeness (QED) is 0.344. The number of rotatable bonds is 7. The highest BCUT2D eigenvalue weighted by Crippen LogP contribution is 2.38. The van der Waals surface area contributed by atoms with E-state index in [0.717, 1.165) is 37.6 Å². The highest BCUT2D eigenvalue weighted by atomic mass is 19.1. The summed E-state index contributed by atoms with van der Waals surface area (Å²) in [6, 6.07) is 9.20. The number of aromatic nitrogens is 4. The molecule has 2 aromatic carbocycles. The Balaban J connectivity index is 1.03. The van der Waals surface area contributed by atoms with Gasteiger partial charge in [-0.05, 0) is 56.9 Å². The molecule has 0 bridgehead atoms. The Morgan fingerprint density at radius 1 is 1.07 bits per heavy atom. The van der Waals surface area contributed by atoms with E-state index in [0.29, 0.717) is 37.4 Å². The molecule has 1 saturated heterocycles. The van der Waals surface area contributed by atoms with Gasteiger partial charge in [0.15, 0.2) is 0 Å². The van der Waals surface area contributed by atoms with Crippen molar-refractivity contribution in [3.63, 3.8) is 0 Å². The molecule has 0 spiro atoms. The molecule has 0 radical (unpaired) electrons. The molecule has 4 aromatic rings. The molecule has 11 nitrogen and oxygen atoms in total. The molecule has 1 saturated carbocycles. The van der Waals surface area contributed by atoms with Crippen molar-refractivity contribution < 1.29 is 19.1 Å². The van der Waals surface area contributed by atoms with Gasteiger partial charge in [-0.25, -0.2) is 13.9 Å². The number of aryl methyl sites for hydroxylation is 1. The summed E-state index contributed by atoms with van der Waals surface area (Å²) in [5.41, 5.74) is 4.44. The molecule has 1 atom stereocenters. The Labute approximate surface area is 253 Å². The van der Waals surface area contributed by atoms with Gasteiger partial charge in [-0.15, -0.1) is 5.10 Å². The molecule has 228 valence electrons. The number of nitrogens with zero attached hydrogens (tertiary/aromatic N) is 7. The fourth-order valence-corrected chi connectivity index (χ4v) is 6.63. The van der Waals surface area contributed by atoms with Gasteiger partial charge in [0, 0.05) is 55.5 Å². The van der Waals surface area contributed by atoms with Crippen LogP contribution < -0.4 is 15.2 Å². The molecule has 1 N–H and O–H groups in total. The number of fused-ring (bicyclic) bond motifs is 2. The van der Waals surface area contributed by atoms with Gasteiger partial charge in [0.1, 0.15) is 23.6 Å². The van der Waals surface area contributed by atoms with Gasteiger partial charge in [-0.1, -0.05) is 22.9 Å². The van der Waals surface area contributed by atoms with Crippen molar-refractivity contribution in [2.75, 3.05) is 36.0 Å². The van der Waals surface area contributed by atoms with Gasteiger partial charge in [0.05, 0.1) is 23.9 Å². The molecule has 2 aromatic heterocycles. The number of amides is 1. The lowest BCUT2D eigenvalue weighted by Gasteiger charge is -2.41. The minimum atomic E-state index is -1.32. The fraction of sp³-hybridized carbons (Fsp3) is 0.406. The van der Waals surface area contributed by atoms with E-state index in [-0.39, 0.29) is 35.5 Å². The van der Waals surface area contributed by atoms with Crippen LogP contribution in [0.4, 0.5) is 15.8 Å². The summed E-state index contributed by atoms with van der Waals surface area (Å²) in [6.45, 7) is 6.87. The number of pyridine rings is 1. The predicted molar refractivity (Wildman–Crippen MR) is 163 cm³/mol. The van der Waals surface area contributed by atoms with Crippen LogP contribution in [0.25, 0.3) is 10.9 Å². The molecule has 7 rings (SSSR count). The second-order valence-corrected chi connectivity index (χ2v) is 12.2. The van der Waals surface area contributed by atoms with E-state index in [1.807, 2.05) is 18.0 Å². The first-order valence-electron chi connectivity index (χ1n) is 15.1. The summed E-state index contributed by atoms with van der Waals surface area (Å²) in [4.78, 5) is 43.8. The number of carbonyl (C=O) groups excluding carboxylic acids is 1. The van der Waals surface area contributed by atoms with Crippen molar-refractivity contribution in [1.82, 2.24) is 24.5 Å². The summed E-state index contributed by atoms with van der Waals surface area (Å²) in [6.07, 6.45) is 5.96.